The zero-order valence-electron chi connectivity index (χ0n) is 17.5. The monoisotopic (exact) mass is 416 g/mol. The Morgan fingerprint density at radius 2 is 1.90 bits per heavy atom. The first-order valence-electron chi connectivity index (χ1n) is 10.3. The predicted octanol–water partition coefficient (Wildman–Crippen LogP) is 0.0579. The average molecular weight is 416 g/mol. The zero-order chi connectivity index (χ0) is 21.1. The molecule has 4 rings (SSSR count). The normalized spacial score (nSPS) is 16.4. The number of nitrogens with zero attached hydrogens (tertiary/aromatic N) is 5. The summed E-state index contributed by atoms with van der Waals surface area (Å²) in [5.74, 6) is -0.178. The molecule has 30 heavy (non-hydrogen) atoms. The molecule has 2 aliphatic rings. The highest BCUT2D eigenvalue weighted by Gasteiger charge is 2.29. The van der Waals surface area contributed by atoms with Gasteiger partial charge in [0.2, 0.25) is 5.91 Å². The number of aryl methyl sites for hydroxylation is 2. The maximum atomic E-state index is 13.0. The lowest BCUT2D eigenvalue weighted by Crippen LogP contribution is -2.41. The molecule has 2 aromatic rings. The van der Waals surface area contributed by atoms with Gasteiger partial charge in [0.05, 0.1) is 38.7 Å². The highest BCUT2D eigenvalue weighted by atomic mass is 16.5. The summed E-state index contributed by atoms with van der Waals surface area (Å²) >= 11 is 0. The molecule has 0 unspecified atom stereocenters. The Morgan fingerprint density at radius 1 is 1.10 bits per heavy atom. The van der Waals surface area contributed by atoms with Crippen LogP contribution in [0.1, 0.15) is 33.1 Å². The minimum Gasteiger partial charge on any atom is -0.378 e. The van der Waals surface area contributed by atoms with Crippen LogP contribution in [0.2, 0.25) is 0 Å². The summed E-state index contributed by atoms with van der Waals surface area (Å²) in [4.78, 5) is 27.0. The molecule has 162 valence electrons. The van der Waals surface area contributed by atoms with Crippen LogP contribution in [0.5, 0.6) is 0 Å². The van der Waals surface area contributed by atoms with E-state index in [1.807, 2.05) is 24.6 Å². The molecule has 1 N–H and O–H groups in total. The molecule has 2 aliphatic heterocycles. The minimum atomic E-state index is -0.102. The first-order chi connectivity index (χ1) is 14.5. The highest BCUT2D eigenvalue weighted by molar-refractivity contribution is 5.94. The largest absolute Gasteiger partial charge is 0.378 e. The summed E-state index contributed by atoms with van der Waals surface area (Å²) in [6.45, 7) is 8.19. The Labute approximate surface area is 175 Å². The van der Waals surface area contributed by atoms with Crippen LogP contribution in [0.15, 0.2) is 6.07 Å². The van der Waals surface area contributed by atoms with E-state index in [0.717, 1.165) is 22.6 Å². The van der Waals surface area contributed by atoms with Crippen molar-refractivity contribution in [2.75, 3.05) is 39.5 Å². The molecule has 0 spiro atoms. The van der Waals surface area contributed by atoms with E-state index in [1.165, 1.54) is 0 Å². The number of rotatable bonds is 6. The fourth-order valence-corrected chi connectivity index (χ4v) is 3.91. The molecule has 0 bridgehead atoms. The number of ether oxygens (including phenoxy) is 2. The molecule has 0 radical (unpaired) electrons. The molecule has 1 saturated heterocycles. The van der Waals surface area contributed by atoms with Crippen molar-refractivity contribution in [1.29, 1.82) is 0 Å². The SMILES string of the molecule is Cc1cc(C)n(CC(=O)NCCn2nc(C(=O)N3CCOCC3)c3c2CCOC3)n1. The van der Waals surface area contributed by atoms with Crippen molar-refractivity contribution < 1.29 is 19.1 Å². The van der Waals surface area contributed by atoms with Crippen molar-refractivity contribution in [2.45, 2.75) is 40.0 Å². The van der Waals surface area contributed by atoms with Gasteiger partial charge in [0.1, 0.15) is 6.54 Å². The first kappa shape index (κ1) is 20.5. The zero-order valence-corrected chi connectivity index (χ0v) is 17.5. The molecule has 10 heteroatoms. The summed E-state index contributed by atoms with van der Waals surface area (Å²) in [5.41, 5.74) is 4.19. The second-order valence-corrected chi connectivity index (χ2v) is 7.64. The van der Waals surface area contributed by atoms with Crippen molar-refractivity contribution in [3.8, 4) is 0 Å². The molecule has 2 amide bonds. The van der Waals surface area contributed by atoms with Crippen LogP contribution in [0.25, 0.3) is 0 Å². The third-order valence-corrected chi connectivity index (χ3v) is 5.44. The maximum absolute atomic E-state index is 13.0. The van der Waals surface area contributed by atoms with Gasteiger partial charge in [-0.3, -0.25) is 19.0 Å². The van der Waals surface area contributed by atoms with E-state index in [0.29, 0.717) is 64.7 Å². The van der Waals surface area contributed by atoms with Gasteiger partial charge in [-0.25, -0.2) is 0 Å². The molecule has 0 atom stereocenters. The van der Waals surface area contributed by atoms with E-state index >= 15 is 0 Å². The number of morpholine rings is 1. The van der Waals surface area contributed by atoms with Crippen molar-refractivity contribution >= 4 is 11.8 Å². The number of aromatic nitrogens is 4. The Bertz CT molecular complexity index is 928. The Kier molecular flexibility index (Phi) is 6.14. The van der Waals surface area contributed by atoms with Crippen LogP contribution >= 0.6 is 0 Å². The van der Waals surface area contributed by atoms with Gasteiger partial charge >= 0.3 is 0 Å². The third kappa shape index (κ3) is 4.39. The van der Waals surface area contributed by atoms with Gasteiger partial charge < -0.3 is 19.7 Å². The van der Waals surface area contributed by atoms with E-state index in [9.17, 15) is 9.59 Å². The number of hydrogen-bond acceptors (Lipinski definition) is 6. The highest BCUT2D eigenvalue weighted by Crippen LogP contribution is 2.22. The van der Waals surface area contributed by atoms with Crippen molar-refractivity contribution in [2.24, 2.45) is 0 Å². The van der Waals surface area contributed by atoms with Crippen molar-refractivity contribution in [3.63, 3.8) is 0 Å². The Morgan fingerprint density at radius 3 is 2.63 bits per heavy atom. The Hall–Kier alpha value is -2.72. The smallest absolute Gasteiger partial charge is 0.274 e. The van der Waals surface area contributed by atoms with E-state index in [1.54, 1.807) is 9.58 Å². The summed E-state index contributed by atoms with van der Waals surface area (Å²) in [6, 6.07) is 1.94. The Balaban J connectivity index is 1.40. The molecule has 0 aliphatic carbocycles. The molecule has 2 aromatic heterocycles. The number of amides is 2. The van der Waals surface area contributed by atoms with E-state index in [4.69, 9.17) is 9.47 Å². The second-order valence-electron chi connectivity index (χ2n) is 7.64. The average Bonchev–Trinajstić information content (AvgIpc) is 3.27. The topological polar surface area (TPSA) is 104 Å². The molecule has 1 fully saturated rings. The standard InChI is InChI=1S/C20H28N6O4/c1-14-11-15(2)26(22-14)12-18(27)21-4-5-25-17-3-8-30-13-16(17)19(23-25)20(28)24-6-9-29-10-7-24/h11H,3-10,12-13H2,1-2H3,(H,21,27). The van der Waals surface area contributed by atoms with Gasteiger partial charge in [-0.05, 0) is 19.9 Å². The number of nitrogens with one attached hydrogen (secondary N) is 1. The van der Waals surface area contributed by atoms with Crippen LogP contribution < -0.4 is 5.32 Å². The van der Waals surface area contributed by atoms with Crippen molar-refractivity contribution in [3.05, 3.63) is 34.4 Å². The maximum Gasteiger partial charge on any atom is 0.274 e. The second kappa shape index (κ2) is 8.97. The molecule has 10 nitrogen and oxygen atoms in total. The van der Waals surface area contributed by atoms with Crippen LogP contribution in [0.3, 0.4) is 0 Å². The first-order valence-corrected chi connectivity index (χ1v) is 10.3. The fraction of sp³-hybridized carbons (Fsp3) is 0.600. The molecular weight excluding hydrogens is 388 g/mol. The van der Waals surface area contributed by atoms with Gasteiger partial charge in [0, 0.05) is 43.0 Å². The fourth-order valence-electron chi connectivity index (χ4n) is 3.91. The van der Waals surface area contributed by atoms with Crippen LogP contribution in [0.4, 0.5) is 0 Å². The number of carbonyl (C=O) groups is 2. The minimum absolute atomic E-state index is 0.0765. The van der Waals surface area contributed by atoms with Gasteiger partial charge in [-0.1, -0.05) is 0 Å². The van der Waals surface area contributed by atoms with E-state index in [2.05, 4.69) is 15.5 Å². The van der Waals surface area contributed by atoms with Gasteiger partial charge in [-0.2, -0.15) is 10.2 Å². The van der Waals surface area contributed by atoms with Crippen LogP contribution in [0, 0.1) is 13.8 Å². The lowest BCUT2D eigenvalue weighted by Gasteiger charge is -2.26. The number of hydrogen-bond donors (Lipinski definition) is 1. The third-order valence-electron chi connectivity index (χ3n) is 5.44. The number of carbonyl (C=O) groups excluding carboxylic acids is 2. The van der Waals surface area contributed by atoms with Crippen molar-refractivity contribution in [1.82, 2.24) is 29.8 Å². The molecular formula is C20H28N6O4. The van der Waals surface area contributed by atoms with Crippen LogP contribution in [-0.2, 0) is 40.4 Å². The van der Waals surface area contributed by atoms with E-state index in [-0.39, 0.29) is 18.4 Å². The lowest BCUT2D eigenvalue weighted by atomic mass is 10.1. The van der Waals surface area contributed by atoms with E-state index < -0.39 is 0 Å². The van der Waals surface area contributed by atoms with Gasteiger partial charge in [0.25, 0.3) is 5.91 Å². The quantitative estimate of drug-likeness (QED) is 0.714. The van der Waals surface area contributed by atoms with Crippen LogP contribution in [-0.4, -0.2) is 75.7 Å². The number of fused-ring (bicyclic) bond motifs is 1. The van der Waals surface area contributed by atoms with Gasteiger partial charge in [-0.15, -0.1) is 0 Å². The lowest BCUT2D eigenvalue weighted by molar-refractivity contribution is -0.121. The molecule has 0 aromatic carbocycles. The summed E-state index contributed by atoms with van der Waals surface area (Å²) in [6.07, 6.45) is 0.707. The van der Waals surface area contributed by atoms with Gasteiger partial charge in [0.15, 0.2) is 5.69 Å². The summed E-state index contributed by atoms with van der Waals surface area (Å²) in [7, 11) is 0. The molecule has 0 saturated carbocycles. The summed E-state index contributed by atoms with van der Waals surface area (Å²) < 4.78 is 14.5. The summed E-state index contributed by atoms with van der Waals surface area (Å²) in [5, 5.41) is 11.8. The predicted molar refractivity (Wildman–Crippen MR) is 107 cm³/mol. The molecule has 4 heterocycles.